The van der Waals surface area contributed by atoms with Crippen LogP contribution in [0.4, 0.5) is 5.82 Å². The highest BCUT2D eigenvalue weighted by Crippen LogP contribution is 2.06. The standard InChI is InChI=1S/C13H11N3O2/c17-13(18)11-6-2-1-5-10(11)9-15-16-12-7-3-4-8-14-12/h1-9H,(H,14,16)(H,17,18)/b15-9+. The molecule has 0 spiro atoms. The lowest BCUT2D eigenvalue weighted by Crippen LogP contribution is -2.02. The Morgan fingerprint density at radius 3 is 2.72 bits per heavy atom. The first kappa shape index (κ1) is 11.8. The van der Waals surface area contributed by atoms with Gasteiger partial charge in [0.2, 0.25) is 0 Å². The van der Waals surface area contributed by atoms with E-state index in [1.54, 1.807) is 36.5 Å². The lowest BCUT2D eigenvalue weighted by atomic mass is 10.1. The number of nitrogens with one attached hydrogen (secondary N) is 1. The molecule has 0 aliphatic heterocycles. The Bertz CT molecular complexity index is 567. The highest BCUT2D eigenvalue weighted by atomic mass is 16.4. The predicted octanol–water partition coefficient (Wildman–Crippen LogP) is 2.23. The molecule has 0 aliphatic carbocycles. The van der Waals surface area contributed by atoms with Gasteiger partial charge in [-0.15, -0.1) is 0 Å². The Morgan fingerprint density at radius 2 is 2.00 bits per heavy atom. The van der Waals surface area contributed by atoms with Gasteiger partial charge in [-0.1, -0.05) is 24.3 Å². The van der Waals surface area contributed by atoms with Crippen LogP contribution < -0.4 is 5.43 Å². The molecule has 0 atom stereocenters. The summed E-state index contributed by atoms with van der Waals surface area (Å²) in [7, 11) is 0. The Morgan fingerprint density at radius 1 is 1.22 bits per heavy atom. The number of rotatable bonds is 4. The van der Waals surface area contributed by atoms with Crippen LogP contribution in [0.1, 0.15) is 15.9 Å². The molecule has 2 rings (SSSR count). The minimum Gasteiger partial charge on any atom is -0.478 e. The number of carboxylic acid groups (broad SMARTS) is 1. The van der Waals surface area contributed by atoms with Crippen LogP contribution in [-0.2, 0) is 0 Å². The monoisotopic (exact) mass is 241 g/mol. The van der Waals surface area contributed by atoms with E-state index < -0.39 is 5.97 Å². The highest BCUT2D eigenvalue weighted by Gasteiger charge is 2.06. The average Bonchev–Trinajstić information content (AvgIpc) is 2.40. The van der Waals surface area contributed by atoms with Crippen LogP contribution in [0.5, 0.6) is 0 Å². The van der Waals surface area contributed by atoms with Gasteiger partial charge in [-0.25, -0.2) is 9.78 Å². The molecule has 1 heterocycles. The summed E-state index contributed by atoms with van der Waals surface area (Å²) in [4.78, 5) is 15.0. The first-order valence-corrected chi connectivity index (χ1v) is 5.30. The summed E-state index contributed by atoms with van der Waals surface area (Å²) in [5.74, 6) is -0.378. The van der Waals surface area contributed by atoms with Crippen molar-refractivity contribution in [2.45, 2.75) is 0 Å². The average molecular weight is 241 g/mol. The molecule has 5 nitrogen and oxygen atoms in total. The van der Waals surface area contributed by atoms with Crippen molar-refractivity contribution in [1.29, 1.82) is 0 Å². The topological polar surface area (TPSA) is 74.6 Å². The molecule has 2 aromatic rings. The molecule has 0 fully saturated rings. The van der Waals surface area contributed by atoms with Gasteiger partial charge in [-0.05, 0) is 18.2 Å². The molecular weight excluding hydrogens is 230 g/mol. The number of anilines is 1. The van der Waals surface area contributed by atoms with Crippen molar-refractivity contribution < 1.29 is 9.90 Å². The van der Waals surface area contributed by atoms with Gasteiger partial charge in [0.1, 0.15) is 5.82 Å². The predicted molar refractivity (Wildman–Crippen MR) is 68.9 cm³/mol. The van der Waals surface area contributed by atoms with Crippen molar-refractivity contribution in [1.82, 2.24) is 4.98 Å². The van der Waals surface area contributed by atoms with Crippen LogP contribution in [0.2, 0.25) is 0 Å². The third-order valence-electron chi connectivity index (χ3n) is 2.24. The molecule has 0 unspecified atom stereocenters. The zero-order valence-corrected chi connectivity index (χ0v) is 9.45. The maximum absolute atomic E-state index is 11.0. The number of hydrogen-bond acceptors (Lipinski definition) is 4. The van der Waals surface area contributed by atoms with E-state index in [0.717, 1.165) is 0 Å². The van der Waals surface area contributed by atoms with Crippen LogP contribution in [0, 0.1) is 0 Å². The first-order chi connectivity index (χ1) is 8.77. The number of pyridine rings is 1. The van der Waals surface area contributed by atoms with Crippen molar-refractivity contribution >= 4 is 18.0 Å². The second kappa shape index (κ2) is 5.58. The molecule has 90 valence electrons. The van der Waals surface area contributed by atoms with Gasteiger partial charge in [0.05, 0.1) is 11.8 Å². The van der Waals surface area contributed by atoms with Gasteiger partial charge in [0.25, 0.3) is 0 Å². The molecule has 2 N–H and O–H groups in total. The van der Waals surface area contributed by atoms with Crippen LogP contribution in [-0.4, -0.2) is 22.3 Å². The smallest absolute Gasteiger partial charge is 0.336 e. The second-order valence-corrected chi connectivity index (χ2v) is 3.48. The number of aromatic nitrogens is 1. The van der Waals surface area contributed by atoms with Gasteiger partial charge >= 0.3 is 5.97 Å². The molecule has 0 saturated heterocycles. The zero-order chi connectivity index (χ0) is 12.8. The molecule has 0 aliphatic rings. The Hall–Kier alpha value is -2.69. The Kier molecular flexibility index (Phi) is 3.66. The summed E-state index contributed by atoms with van der Waals surface area (Å²) in [5, 5.41) is 12.9. The molecule has 1 aromatic carbocycles. The minimum atomic E-state index is -0.977. The number of hydrogen-bond donors (Lipinski definition) is 2. The van der Waals surface area contributed by atoms with Crippen LogP contribution >= 0.6 is 0 Å². The normalized spacial score (nSPS) is 10.4. The summed E-state index contributed by atoms with van der Waals surface area (Å²) in [5.41, 5.74) is 3.47. The highest BCUT2D eigenvalue weighted by molar-refractivity contribution is 5.98. The van der Waals surface area contributed by atoms with Crippen molar-refractivity contribution in [2.24, 2.45) is 5.10 Å². The van der Waals surface area contributed by atoms with E-state index >= 15 is 0 Å². The lowest BCUT2D eigenvalue weighted by molar-refractivity contribution is 0.0697. The van der Waals surface area contributed by atoms with Crippen LogP contribution in [0.3, 0.4) is 0 Å². The van der Waals surface area contributed by atoms with Crippen molar-refractivity contribution in [2.75, 3.05) is 5.43 Å². The molecule has 0 saturated carbocycles. The fourth-order valence-electron chi connectivity index (χ4n) is 1.40. The summed E-state index contributed by atoms with van der Waals surface area (Å²) in [6, 6.07) is 12.0. The number of carboxylic acids is 1. The molecule has 0 bridgehead atoms. The van der Waals surface area contributed by atoms with Crippen molar-refractivity contribution in [3.63, 3.8) is 0 Å². The molecule has 0 radical (unpaired) electrons. The van der Waals surface area contributed by atoms with Gasteiger partial charge in [-0.3, -0.25) is 5.43 Å². The number of benzene rings is 1. The third kappa shape index (κ3) is 2.91. The summed E-state index contributed by atoms with van der Waals surface area (Å²) in [6.07, 6.45) is 3.10. The van der Waals surface area contributed by atoms with E-state index in [1.807, 2.05) is 6.07 Å². The van der Waals surface area contributed by atoms with E-state index in [1.165, 1.54) is 12.3 Å². The van der Waals surface area contributed by atoms with E-state index in [0.29, 0.717) is 11.4 Å². The quantitative estimate of drug-likeness (QED) is 0.635. The van der Waals surface area contributed by atoms with Crippen LogP contribution in [0.15, 0.2) is 53.8 Å². The van der Waals surface area contributed by atoms with Crippen molar-refractivity contribution in [3.8, 4) is 0 Å². The van der Waals surface area contributed by atoms with Gasteiger partial charge in [0.15, 0.2) is 0 Å². The SMILES string of the molecule is O=C(O)c1ccccc1/C=N/Nc1ccccn1. The Labute approximate surface area is 104 Å². The lowest BCUT2D eigenvalue weighted by Gasteiger charge is -2.00. The maximum atomic E-state index is 11.0. The summed E-state index contributed by atoms with van der Waals surface area (Å²) < 4.78 is 0. The molecular formula is C13H11N3O2. The summed E-state index contributed by atoms with van der Waals surface area (Å²) in [6.45, 7) is 0. The van der Waals surface area contributed by atoms with Crippen LogP contribution in [0.25, 0.3) is 0 Å². The number of nitrogens with zero attached hydrogens (tertiary/aromatic N) is 2. The van der Waals surface area contributed by atoms with E-state index in [-0.39, 0.29) is 5.56 Å². The maximum Gasteiger partial charge on any atom is 0.336 e. The number of carbonyl (C=O) groups is 1. The minimum absolute atomic E-state index is 0.212. The van der Waals surface area contributed by atoms with Gasteiger partial charge in [-0.2, -0.15) is 5.10 Å². The molecule has 1 aromatic heterocycles. The van der Waals surface area contributed by atoms with Gasteiger partial charge < -0.3 is 5.11 Å². The molecule has 5 heteroatoms. The largest absolute Gasteiger partial charge is 0.478 e. The fraction of sp³-hybridized carbons (Fsp3) is 0. The first-order valence-electron chi connectivity index (χ1n) is 5.30. The third-order valence-corrected chi connectivity index (χ3v) is 2.24. The number of hydrazone groups is 1. The Balaban J connectivity index is 2.12. The molecule has 0 amide bonds. The zero-order valence-electron chi connectivity index (χ0n) is 9.45. The second-order valence-electron chi connectivity index (χ2n) is 3.48. The number of aromatic carboxylic acids is 1. The molecule has 18 heavy (non-hydrogen) atoms. The van der Waals surface area contributed by atoms with E-state index in [2.05, 4.69) is 15.5 Å². The fourth-order valence-corrected chi connectivity index (χ4v) is 1.40. The van der Waals surface area contributed by atoms with Gasteiger partial charge in [0, 0.05) is 11.8 Å². The van der Waals surface area contributed by atoms with Crippen molar-refractivity contribution in [3.05, 3.63) is 59.8 Å². The van der Waals surface area contributed by atoms with E-state index in [9.17, 15) is 4.79 Å². The van der Waals surface area contributed by atoms with E-state index in [4.69, 9.17) is 5.11 Å². The summed E-state index contributed by atoms with van der Waals surface area (Å²) >= 11 is 0.